The number of anilines is 2. The smallest absolute Gasteiger partial charge is 0.166 e. The van der Waals surface area contributed by atoms with Crippen molar-refractivity contribution in [2.75, 3.05) is 11.1 Å². The Balaban J connectivity index is 1.70. The summed E-state index contributed by atoms with van der Waals surface area (Å²) in [6.07, 6.45) is 3.84. The molecule has 4 rings (SSSR count). The Kier molecular flexibility index (Phi) is 4.79. The van der Waals surface area contributed by atoms with Crippen LogP contribution in [0.5, 0.6) is 0 Å². The third-order valence-corrected chi connectivity index (χ3v) is 4.65. The monoisotopic (exact) mass is 395 g/mol. The van der Waals surface area contributed by atoms with Gasteiger partial charge in [0.25, 0.3) is 0 Å². The molecular formula is C20H19F2N7. The molecule has 3 aromatic heterocycles. The first-order valence-electron chi connectivity index (χ1n) is 9.11. The van der Waals surface area contributed by atoms with Gasteiger partial charge in [0.2, 0.25) is 0 Å². The number of nitrogens with two attached hydrogens (primary N) is 1. The van der Waals surface area contributed by atoms with Crippen molar-refractivity contribution < 1.29 is 8.78 Å². The summed E-state index contributed by atoms with van der Waals surface area (Å²) in [6.45, 7) is 3.82. The van der Waals surface area contributed by atoms with E-state index in [2.05, 4.69) is 25.4 Å². The molecule has 148 valence electrons. The fourth-order valence-corrected chi connectivity index (χ4v) is 3.18. The molecule has 4 aromatic rings. The van der Waals surface area contributed by atoms with E-state index in [1.807, 2.05) is 19.9 Å². The van der Waals surface area contributed by atoms with Gasteiger partial charge >= 0.3 is 0 Å². The van der Waals surface area contributed by atoms with Gasteiger partial charge in [0.1, 0.15) is 12.1 Å². The predicted octanol–water partition coefficient (Wildman–Crippen LogP) is 3.92. The van der Waals surface area contributed by atoms with Crippen molar-refractivity contribution >= 4 is 17.3 Å². The van der Waals surface area contributed by atoms with Crippen molar-refractivity contribution in [1.82, 2.24) is 24.6 Å². The van der Waals surface area contributed by atoms with E-state index in [0.29, 0.717) is 40.5 Å². The number of nitrogens with one attached hydrogen (secondary N) is 1. The average molecular weight is 395 g/mol. The lowest BCUT2D eigenvalue weighted by Crippen LogP contribution is -2.11. The quantitative estimate of drug-likeness (QED) is 0.532. The zero-order chi connectivity index (χ0) is 20.5. The van der Waals surface area contributed by atoms with Crippen molar-refractivity contribution in [2.24, 2.45) is 0 Å². The zero-order valence-corrected chi connectivity index (χ0v) is 15.9. The molecular weight excluding hydrogens is 376 g/mol. The summed E-state index contributed by atoms with van der Waals surface area (Å²) in [4.78, 5) is 13.1. The van der Waals surface area contributed by atoms with Gasteiger partial charge in [-0.05, 0) is 37.1 Å². The van der Waals surface area contributed by atoms with Crippen LogP contribution in [-0.2, 0) is 0 Å². The number of nitrogens with zero attached hydrogens (tertiary/aromatic N) is 5. The minimum Gasteiger partial charge on any atom is -0.382 e. The molecule has 3 N–H and O–H groups in total. The highest BCUT2D eigenvalue weighted by molar-refractivity contribution is 5.85. The molecule has 0 saturated heterocycles. The summed E-state index contributed by atoms with van der Waals surface area (Å²) in [6, 6.07) is 7.18. The molecule has 0 amide bonds. The van der Waals surface area contributed by atoms with Gasteiger partial charge in [0.05, 0.1) is 17.3 Å². The zero-order valence-electron chi connectivity index (χ0n) is 15.9. The van der Waals surface area contributed by atoms with E-state index in [9.17, 15) is 8.78 Å². The predicted molar refractivity (Wildman–Crippen MR) is 106 cm³/mol. The van der Waals surface area contributed by atoms with Crippen LogP contribution in [-0.4, -0.2) is 24.6 Å². The summed E-state index contributed by atoms with van der Waals surface area (Å²) in [5, 5.41) is 7.52. The summed E-state index contributed by atoms with van der Waals surface area (Å²) in [5.41, 5.74) is 9.33. The Morgan fingerprint density at radius 3 is 2.72 bits per heavy atom. The molecule has 3 heterocycles. The number of benzene rings is 1. The van der Waals surface area contributed by atoms with Crippen LogP contribution >= 0.6 is 0 Å². The molecule has 0 fully saturated rings. The average Bonchev–Trinajstić information content (AvgIpc) is 3.03. The van der Waals surface area contributed by atoms with Gasteiger partial charge in [-0.15, -0.1) is 5.10 Å². The summed E-state index contributed by atoms with van der Waals surface area (Å²) in [5.74, 6) is -0.927. The van der Waals surface area contributed by atoms with Gasteiger partial charge in [-0.1, -0.05) is 13.0 Å². The lowest BCUT2D eigenvalue weighted by atomic mass is 10.0. The molecule has 1 aromatic carbocycles. The van der Waals surface area contributed by atoms with Crippen molar-refractivity contribution in [3.8, 4) is 11.3 Å². The molecule has 0 aliphatic rings. The summed E-state index contributed by atoms with van der Waals surface area (Å²) >= 11 is 0. The van der Waals surface area contributed by atoms with E-state index < -0.39 is 11.6 Å². The molecule has 29 heavy (non-hydrogen) atoms. The van der Waals surface area contributed by atoms with Gasteiger partial charge in [-0.25, -0.2) is 28.2 Å². The minimum atomic E-state index is -0.883. The van der Waals surface area contributed by atoms with Crippen LogP contribution < -0.4 is 11.1 Å². The SMILES string of the molecule is CC[C@@H](Nc1cc(-c2c(N)nn3ccc(C)nc23)ncn1)c1ccc(F)c(F)c1. The second-order valence-corrected chi connectivity index (χ2v) is 6.66. The van der Waals surface area contributed by atoms with Gasteiger partial charge in [0.15, 0.2) is 23.1 Å². The van der Waals surface area contributed by atoms with Crippen molar-refractivity contribution in [3.05, 3.63) is 65.7 Å². The number of hydrogen-bond acceptors (Lipinski definition) is 6. The minimum absolute atomic E-state index is 0.255. The number of nitrogen functional groups attached to an aromatic ring is 1. The van der Waals surface area contributed by atoms with E-state index >= 15 is 0 Å². The molecule has 0 saturated carbocycles. The van der Waals surface area contributed by atoms with Crippen LogP contribution in [0.2, 0.25) is 0 Å². The van der Waals surface area contributed by atoms with Crippen LogP contribution in [0.25, 0.3) is 16.9 Å². The van der Waals surface area contributed by atoms with E-state index in [1.165, 1.54) is 12.4 Å². The molecule has 0 aliphatic carbocycles. The van der Waals surface area contributed by atoms with Crippen molar-refractivity contribution in [1.29, 1.82) is 0 Å². The van der Waals surface area contributed by atoms with Gasteiger partial charge in [-0.2, -0.15) is 0 Å². The maximum atomic E-state index is 13.6. The standard InChI is InChI=1S/C20H19F2N7/c1-3-15(12-4-5-13(21)14(22)8-12)27-17-9-16(24-10-25-17)18-19(23)28-29-7-6-11(2)26-20(18)29/h4-10,15H,3H2,1-2H3,(H2,23,28)(H,24,25,27)/t15-/m1/s1. The molecule has 0 spiro atoms. The van der Waals surface area contributed by atoms with Crippen LogP contribution in [0.3, 0.4) is 0 Å². The first kappa shape index (κ1) is 18.7. The largest absolute Gasteiger partial charge is 0.382 e. The maximum Gasteiger partial charge on any atom is 0.166 e. The fourth-order valence-electron chi connectivity index (χ4n) is 3.18. The number of hydrogen-bond donors (Lipinski definition) is 2. The Morgan fingerprint density at radius 1 is 1.14 bits per heavy atom. The fraction of sp³-hybridized carbons (Fsp3) is 0.200. The maximum absolute atomic E-state index is 13.6. The topological polar surface area (TPSA) is 94.0 Å². The molecule has 0 unspecified atom stereocenters. The normalized spacial score (nSPS) is 12.3. The Labute approximate surface area is 165 Å². The van der Waals surface area contributed by atoms with Crippen LogP contribution in [0, 0.1) is 18.6 Å². The second-order valence-electron chi connectivity index (χ2n) is 6.66. The first-order valence-corrected chi connectivity index (χ1v) is 9.11. The van der Waals surface area contributed by atoms with Crippen LogP contribution in [0.4, 0.5) is 20.4 Å². The van der Waals surface area contributed by atoms with Crippen molar-refractivity contribution in [2.45, 2.75) is 26.3 Å². The van der Waals surface area contributed by atoms with Crippen LogP contribution in [0.15, 0.2) is 42.9 Å². The highest BCUT2D eigenvalue weighted by Gasteiger charge is 2.17. The van der Waals surface area contributed by atoms with E-state index in [-0.39, 0.29) is 6.04 Å². The van der Waals surface area contributed by atoms with E-state index in [4.69, 9.17) is 5.73 Å². The Bertz CT molecular complexity index is 1190. The summed E-state index contributed by atoms with van der Waals surface area (Å²) < 4.78 is 28.5. The van der Waals surface area contributed by atoms with Crippen molar-refractivity contribution in [3.63, 3.8) is 0 Å². The van der Waals surface area contributed by atoms with Gasteiger partial charge < -0.3 is 11.1 Å². The highest BCUT2D eigenvalue weighted by atomic mass is 19.2. The number of aromatic nitrogens is 5. The molecule has 0 radical (unpaired) electrons. The second kappa shape index (κ2) is 7.42. The van der Waals surface area contributed by atoms with Crippen LogP contribution in [0.1, 0.15) is 30.6 Å². The van der Waals surface area contributed by atoms with Gasteiger partial charge in [0, 0.05) is 18.0 Å². The molecule has 0 aliphatic heterocycles. The first-order chi connectivity index (χ1) is 14.0. The Hall–Kier alpha value is -3.62. The number of rotatable bonds is 5. The Morgan fingerprint density at radius 2 is 1.97 bits per heavy atom. The summed E-state index contributed by atoms with van der Waals surface area (Å²) in [7, 11) is 0. The number of fused-ring (bicyclic) bond motifs is 1. The molecule has 9 heteroatoms. The third-order valence-electron chi connectivity index (χ3n) is 4.65. The molecule has 0 bridgehead atoms. The third kappa shape index (κ3) is 3.58. The number of halogens is 2. The van der Waals surface area contributed by atoms with E-state index in [1.54, 1.807) is 22.8 Å². The van der Waals surface area contributed by atoms with Gasteiger partial charge in [-0.3, -0.25) is 0 Å². The lowest BCUT2D eigenvalue weighted by molar-refractivity contribution is 0.505. The number of aryl methyl sites for hydroxylation is 1. The molecule has 1 atom stereocenters. The molecule has 7 nitrogen and oxygen atoms in total. The highest BCUT2D eigenvalue weighted by Crippen LogP contribution is 2.30. The lowest BCUT2D eigenvalue weighted by Gasteiger charge is -2.18. The van der Waals surface area contributed by atoms with E-state index in [0.717, 1.165) is 11.8 Å².